The molecule has 0 aliphatic carbocycles. The number of carboxylic acid groups (broad SMARTS) is 1. The zero-order valence-corrected chi connectivity index (χ0v) is 9.90. The largest absolute Gasteiger partial charge is 0.480 e. The zero-order chi connectivity index (χ0) is 12.6. The van der Waals surface area contributed by atoms with Gasteiger partial charge in [0.2, 0.25) is 0 Å². The number of carboxylic acids is 1. The molecule has 0 radical (unpaired) electrons. The number of hydrogen-bond acceptors (Lipinski definition) is 2. The summed E-state index contributed by atoms with van der Waals surface area (Å²) in [4.78, 5) is 11.1. The van der Waals surface area contributed by atoms with Crippen molar-refractivity contribution in [2.45, 2.75) is 19.4 Å². The first-order valence-corrected chi connectivity index (χ1v) is 5.44. The molecular weight excluding hydrogens is 214 g/mol. The molecule has 2 aromatic carbocycles. The van der Waals surface area contributed by atoms with Crippen LogP contribution in [0.25, 0.3) is 10.8 Å². The van der Waals surface area contributed by atoms with E-state index in [4.69, 9.17) is 10.8 Å². The highest BCUT2D eigenvalue weighted by atomic mass is 16.4. The molecule has 0 saturated carbocycles. The van der Waals surface area contributed by atoms with Gasteiger partial charge in [-0.3, -0.25) is 0 Å². The van der Waals surface area contributed by atoms with Gasteiger partial charge in [-0.25, -0.2) is 4.79 Å². The van der Waals surface area contributed by atoms with Gasteiger partial charge in [-0.15, -0.1) is 0 Å². The van der Waals surface area contributed by atoms with Crippen LogP contribution in [0.1, 0.15) is 18.1 Å². The van der Waals surface area contributed by atoms with Crippen LogP contribution in [0, 0.1) is 6.92 Å². The van der Waals surface area contributed by atoms with E-state index in [1.807, 2.05) is 31.2 Å². The number of rotatable bonds is 2. The molecule has 0 saturated heterocycles. The van der Waals surface area contributed by atoms with Crippen LogP contribution in [-0.4, -0.2) is 11.1 Å². The minimum atomic E-state index is -1.35. The molecule has 1 atom stereocenters. The second-order valence-corrected chi connectivity index (χ2v) is 4.57. The number of benzene rings is 2. The van der Waals surface area contributed by atoms with Crippen molar-refractivity contribution in [2.24, 2.45) is 5.73 Å². The first-order chi connectivity index (χ1) is 7.91. The van der Waals surface area contributed by atoms with Crippen molar-refractivity contribution in [2.75, 3.05) is 0 Å². The predicted octanol–water partition coefficient (Wildman–Crippen LogP) is 2.41. The molecule has 3 N–H and O–H groups in total. The maximum atomic E-state index is 11.1. The van der Waals surface area contributed by atoms with Crippen molar-refractivity contribution >= 4 is 16.7 Å². The second-order valence-electron chi connectivity index (χ2n) is 4.57. The number of fused-ring (bicyclic) bond motifs is 1. The highest BCUT2D eigenvalue weighted by Gasteiger charge is 2.30. The number of carbonyl (C=O) groups is 1. The topological polar surface area (TPSA) is 63.3 Å². The fraction of sp³-hybridized carbons (Fsp3) is 0.214. The molecule has 3 heteroatoms. The standard InChI is InChI=1S/C14H15NO2/c1-9-3-4-11-8-12(6-5-10(11)7-9)14(2,15)13(16)17/h3-8H,15H2,1-2H3,(H,16,17). The van der Waals surface area contributed by atoms with Gasteiger partial charge in [0.1, 0.15) is 5.54 Å². The second kappa shape index (κ2) is 3.86. The molecule has 0 aliphatic rings. The Hall–Kier alpha value is -1.87. The van der Waals surface area contributed by atoms with Crippen LogP contribution < -0.4 is 5.73 Å². The molecule has 2 aromatic rings. The fourth-order valence-corrected chi connectivity index (χ4v) is 1.81. The average molecular weight is 229 g/mol. The number of nitrogens with two attached hydrogens (primary N) is 1. The number of aliphatic carboxylic acids is 1. The molecule has 0 aromatic heterocycles. The Labute approximate surface area is 99.9 Å². The average Bonchev–Trinajstić information content (AvgIpc) is 2.28. The highest BCUT2D eigenvalue weighted by molar-refractivity contribution is 5.87. The number of aryl methyl sites for hydroxylation is 1. The lowest BCUT2D eigenvalue weighted by molar-refractivity contribution is -0.143. The number of hydrogen-bond donors (Lipinski definition) is 2. The van der Waals surface area contributed by atoms with Crippen molar-refractivity contribution < 1.29 is 9.90 Å². The molecule has 88 valence electrons. The van der Waals surface area contributed by atoms with Gasteiger partial charge in [-0.1, -0.05) is 35.9 Å². The summed E-state index contributed by atoms with van der Waals surface area (Å²) in [6.07, 6.45) is 0. The lowest BCUT2D eigenvalue weighted by Crippen LogP contribution is -2.41. The summed E-state index contributed by atoms with van der Waals surface area (Å²) in [5.41, 5.74) is 6.25. The van der Waals surface area contributed by atoms with Crippen LogP contribution in [0.2, 0.25) is 0 Å². The lowest BCUT2D eigenvalue weighted by atomic mass is 9.91. The first kappa shape index (κ1) is 11.6. The van der Waals surface area contributed by atoms with Crippen molar-refractivity contribution in [1.82, 2.24) is 0 Å². The van der Waals surface area contributed by atoms with E-state index in [1.54, 1.807) is 6.07 Å². The van der Waals surface area contributed by atoms with Gasteiger partial charge in [0.25, 0.3) is 0 Å². The van der Waals surface area contributed by atoms with Crippen LogP contribution in [-0.2, 0) is 10.3 Å². The minimum Gasteiger partial charge on any atom is -0.480 e. The summed E-state index contributed by atoms with van der Waals surface area (Å²) in [5.74, 6) is -1.02. The predicted molar refractivity (Wildman–Crippen MR) is 67.9 cm³/mol. The van der Waals surface area contributed by atoms with E-state index in [9.17, 15) is 4.79 Å². The lowest BCUT2D eigenvalue weighted by Gasteiger charge is -2.20. The summed E-state index contributed by atoms with van der Waals surface area (Å²) >= 11 is 0. The van der Waals surface area contributed by atoms with Gasteiger partial charge in [-0.2, -0.15) is 0 Å². The van der Waals surface area contributed by atoms with Crippen LogP contribution in [0.15, 0.2) is 36.4 Å². The summed E-state index contributed by atoms with van der Waals surface area (Å²) in [7, 11) is 0. The van der Waals surface area contributed by atoms with Gasteiger partial charge in [0, 0.05) is 0 Å². The van der Waals surface area contributed by atoms with E-state index in [0.717, 1.165) is 10.8 Å². The van der Waals surface area contributed by atoms with Gasteiger partial charge in [-0.05, 0) is 36.2 Å². The van der Waals surface area contributed by atoms with Crippen LogP contribution in [0.5, 0.6) is 0 Å². The smallest absolute Gasteiger partial charge is 0.328 e. The molecule has 0 spiro atoms. The third-order valence-electron chi connectivity index (χ3n) is 3.04. The van der Waals surface area contributed by atoms with E-state index >= 15 is 0 Å². The minimum absolute atomic E-state index is 0.612. The van der Waals surface area contributed by atoms with E-state index in [-0.39, 0.29) is 0 Å². The molecule has 0 aliphatic heterocycles. The maximum absolute atomic E-state index is 11.1. The Morgan fingerprint density at radius 1 is 1.18 bits per heavy atom. The van der Waals surface area contributed by atoms with E-state index in [2.05, 4.69) is 6.07 Å². The molecule has 0 fully saturated rings. The van der Waals surface area contributed by atoms with Gasteiger partial charge in [0.05, 0.1) is 0 Å². The van der Waals surface area contributed by atoms with Crippen LogP contribution in [0.3, 0.4) is 0 Å². The summed E-state index contributed by atoms with van der Waals surface area (Å²) in [6, 6.07) is 11.6. The molecular formula is C14H15NO2. The van der Waals surface area contributed by atoms with Gasteiger partial charge < -0.3 is 10.8 Å². The maximum Gasteiger partial charge on any atom is 0.328 e. The normalized spacial score (nSPS) is 14.5. The molecule has 17 heavy (non-hydrogen) atoms. The van der Waals surface area contributed by atoms with E-state index < -0.39 is 11.5 Å². The Balaban J connectivity index is 2.59. The molecule has 2 rings (SSSR count). The Bertz CT molecular complexity index is 588. The molecule has 0 heterocycles. The third-order valence-corrected chi connectivity index (χ3v) is 3.04. The Morgan fingerprint density at radius 2 is 1.76 bits per heavy atom. The van der Waals surface area contributed by atoms with Gasteiger partial charge >= 0.3 is 5.97 Å². The first-order valence-electron chi connectivity index (χ1n) is 5.44. The molecule has 0 amide bonds. The Kier molecular flexibility index (Phi) is 2.63. The van der Waals surface area contributed by atoms with Crippen molar-refractivity contribution in [3.05, 3.63) is 47.5 Å². The zero-order valence-electron chi connectivity index (χ0n) is 9.90. The van der Waals surface area contributed by atoms with Crippen molar-refractivity contribution in [3.8, 4) is 0 Å². The molecule has 0 bridgehead atoms. The quantitative estimate of drug-likeness (QED) is 0.831. The molecule has 1 unspecified atom stereocenters. The fourth-order valence-electron chi connectivity index (χ4n) is 1.81. The van der Waals surface area contributed by atoms with E-state index in [1.165, 1.54) is 12.5 Å². The molecule has 3 nitrogen and oxygen atoms in total. The summed E-state index contributed by atoms with van der Waals surface area (Å²) in [6.45, 7) is 3.53. The van der Waals surface area contributed by atoms with Gasteiger partial charge in [0.15, 0.2) is 0 Å². The van der Waals surface area contributed by atoms with Crippen molar-refractivity contribution in [3.63, 3.8) is 0 Å². The Morgan fingerprint density at radius 3 is 2.41 bits per heavy atom. The van der Waals surface area contributed by atoms with E-state index in [0.29, 0.717) is 5.56 Å². The highest BCUT2D eigenvalue weighted by Crippen LogP contribution is 2.24. The summed E-state index contributed by atoms with van der Waals surface area (Å²) in [5, 5.41) is 11.2. The SMILES string of the molecule is Cc1ccc2cc(C(C)(N)C(=O)O)ccc2c1. The summed E-state index contributed by atoms with van der Waals surface area (Å²) < 4.78 is 0. The monoisotopic (exact) mass is 229 g/mol. The van der Waals surface area contributed by atoms with Crippen molar-refractivity contribution in [1.29, 1.82) is 0 Å². The van der Waals surface area contributed by atoms with Crippen LogP contribution >= 0.6 is 0 Å². The third kappa shape index (κ3) is 2.01. The van der Waals surface area contributed by atoms with Crippen LogP contribution in [0.4, 0.5) is 0 Å².